The lowest BCUT2D eigenvalue weighted by molar-refractivity contribution is 0.483. The molecule has 0 amide bonds. The van der Waals surface area contributed by atoms with Gasteiger partial charge in [-0.15, -0.1) is 10.2 Å². The second kappa shape index (κ2) is 12.3. The number of anilines is 4. The average Bonchev–Trinajstić information content (AvgIpc) is 3.22. The quantitative estimate of drug-likeness (QED) is 0.0964. The second-order valence-corrected chi connectivity index (χ2v) is 12.1. The lowest BCUT2D eigenvalue weighted by Gasteiger charge is -2.10. The minimum Gasteiger partial charge on any atom is -0.324 e. The summed E-state index contributed by atoms with van der Waals surface area (Å²) in [5.41, 5.74) is 3.31. The zero-order valence-corrected chi connectivity index (χ0v) is 26.2. The third-order valence-electron chi connectivity index (χ3n) is 6.23. The predicted molar refractivity (Wildman–Crippen MR) is 169 cm³/mol. The maximum Gasteiger partial charge on any atom is 0.299 e. The molecule has 13 nitrogen and oxygen atoms in total. The number of aromatic nitrogens is 5. The molecule has 226 valence electrons. The van der Waals surface area contributed by atoms with Gasteiger partial charge in [0.2, 0.25) is 17.2 Å². The summed E-state index contributed by atoms with van der Waals surface area (Å²) in [6.45, 7) is 5.33. The van der Waals surface area contributed by atoms with Crippen molar-refractivity contribution in [3.63, 3.8) is 0 Å². The van der Waals surface area contributed by atoms with E-state index in [1.165, 1.54) is 22.9 Å². The summed E-state index contributed by atoms with van der Waals surface area (Å²) < 4.78 is 33.5. The number of benzene rings is 3. The molecule has 4 N–H and O–H groups in total. The molecule has 0 aliphatic carbocycles. The molecule has 2 heterocycles. The number of rotatable bonds is 8. The van der Waals surface area contributed by atoms with E-state index in [-0.39, 0.29) is 27.8 Å². The van der Waals surface area contributed by atoms with Gasteiger partial charge in [-0.1, -0.05) is 35.3 Å². The molecule has 0 spiro atoms. The standard InChI is InChI=1S/C27H22Cl3N9O4S/c1-13-7-8-17(32-27-34-25(30)33-26(35-27)31-16-5-4-6-18(10-16)44(41,42)43)11-21(13)36-37-23-15(3)38-39(24(23)40)22-12-19(28)14(2)9-20(22)29/h4-12,38H,1-3H3,(H,41,42,43)(H2,31,32,33,34,35). The molecule has 0 unspecified atom stereocenters. The van der Waals surface area contributed by atoms with Crippen LogP contribution in [0.15, 0.2) is 74.5 Å². The van der Waals surface area contributed by atoms with Crippen LogP contribution in [0.1, 0.15) is 16.8 Å². The Morgan fingerprint density at radius 3 is 2.20 bits per heavy atom. The fourth-order valence-corrected chi connectivity index (χ4v) is 5.13. The first-order chi connectivity index (χ1) is 20.8. The molecule has 0 fully saturated rings. The summed E-state index contributed by atoms with van der Waals surface area (Å²) in [5.74, 6) is 0.0874. The first kappa shape index (κ1) is 31.1. The number of azo groups is 1. The van der Waals surface area contributed by atoms with Crippen LogP contribution in [0.25, 0.3) is 5.69 Å². The van der Waals surface area contributed by atoms with Gasteiger partial charge in [0.05, 0.1) is 27.0 Å². The van der Waals surface area contributed by atoms with E-state index in [0.717, 1.165) is 11.1 Å². The van der Waals surface area contributed by atoms with E-state index in [2.05, 4.69) is 40.9 Å². The van der Waals surface area contributed by atoms with Crippen molar-refractivity contribution in [2.75, 3.05) is 10.6 Å². The molecule has 2 aromatic heterocycles. The van der Waals surface area contributed by atoms with Gasteiger partial charge in [0, 0.05) is 16.4 Å². The van der Waals surface area contributed by atoms with Crippen LogP contribution in [0, 0.1) is 20.8 Å². The predicted octanol–water partition coefficient (Wildman–Crippen LogP) is 7.39. The highest BCUT2D eigenvalue weighted by molar-refractivity contribution is 7.85. The van der Waals surface area contributed by atoms with Gasteiger partial charge in [0.25, 0.3) is 15.7 Å². The summed E-state index contributed by atoms with van der Waals surface area (Å²) >= 11 is 18.7. The lowest BCUT2D eigenvalue weighted by Crippen LogP contribution is -2.14. The summed E-state index contributed by atoms with van der Waals surface area (Å²) in [5, 5.41) is 18.0. The molecule has 17 heteroatoms. The molecule has 5 aromatic rings. The van der Waals surface area contributed by atoms with Crippen LogP contribution in [0.2, 0.25) is 15.3 Å². The van der Waals surface area contributed by atoms with E-state index in [1.54, 1.807) is 43.3 Å². The van der Waals surface area contributed by atoms with Crippen LogP contribution in [-0.2, 0) is 10.1 Å². The van der Waals surface area contributed by atoms with Gasteiger partial charge in [-0.05, 0) is 86.0 Å². The zero-order valence-electron chi connectivity index (χ0n) is 23.1. The molecule has 0 radical (unpaired) electrons. The molecule has 0 aliphatic heterocycles. The Morgan fingerprint density at radius 1 is 0.841 bits per heavy atom. The van der Waals surface area contributed by atoms with Crippen LogP contribution in [0.5, 0.6) is 0 Å². The van der Waals surface area contributed by atoms with E-state index in [4.69, 9.17) is 34.8 Å². The number of hydrogen-bond donors (Lipinski definition) is 4. The van der Waals surface area contributed by atoms with Gasteiger partial charge >= 0.3 is 0 Å². The number of halogens is 3. The molecule has 5 rings (SSSR count). The molecule has 0 saturated carbocycles. The lowest BCUT2D eigenvalue weighted by atomic mass is 10.2. The van der Waals surface area contributed by atoms with Crippen molar-refractivity contribution in [3.8, 4) is 5.69 Å². The number of aromatic amines is 1. The van der Waals surface area contributed by atoms with E-state index in [0.29, 0.717) is 38.5 Å². The third-order valence-corrected chi connectivity index (χ3v) is 7.96. The highest BCUT2D eigenvalue weighted by Crippen LogP contribution is 2.30. The Morgan fingerprint density at radius 2 is 1.52 bits per heavy atom. The van der Waals surface area contributed by atoms with Crippen molar-refractivity contribution in [2.24, 2.45) is 10.2 Å². The average molecular weight is 675 g/mol. The Hall–Kier alpha value is -4.34. The van der Waals surface area contributed by atoms with Gasteiger partial charge in [-0.2, -0.15) is 23.4 Å². The molecular weight excluding hydrogens is 653 g/mol. The minimum atomic E-state index is -4.40. The third kappa shape index (κ3) is 6.90. The number of nitrogens with one attached hydrogen (secondary N) is 3. The maximum atomic E-state index is 13.2. The minimum absolute atomic E-state index is 0.0150. The normalized spacial score (nSPS) is 11.7. The first-order valence-electron chi connectivity index (χ1n) is 12.6. The Kier molecular flexibility index (Phi) is 8.72. The smallest absolute Gasteiger partial charge is 0.299 e. The molecule has 3 aromatic carbocycles. The van der Waals surface area contributed by atoms with Gasteiger partial charge in [0.15, 0.2) is 5.69 Å². The van der Waals surface area contributed by atoms with Crippen LogP contribution in [0.3, 0.4) is 0 Å². The van der Waals surface area contributed by atoms with Crippen molar-refractivity contribution in [1.82, 2.24) is 24.7 Å². The Bertz CT molecular complexity index is 2110. The second-order valence-electron chi connectivity index (χ2n) is 9.48. The van der Waals surface area contributed by atoms with Crippen LogP contribution >= 0.6 is 34.8 Å². The number of nitrogens with zero attached hydrogens (tertiary/aromatic N) is 6. The molecular formula is C27H22Cl3N9O4S. The number of H-pyrrole nitrogens is 1. The topological polar surface area (TPSA) is 180 Å². The van der Waals surface area contributed by atoms with Crippen molar-refractivity contribution in [3.05, 3.63) is 97.1 Å². The van der Waals surface area contributed by atoms with E-state index in [9.17, 15) is 17.8 Å². The number of aryl methyl sites for hydroxylation is 3. The zero-order chi connectivity index (χ0) is 31.8. The first-order valence-corrected chi connectivity index (χ1v) is 15.2. The monoisotopic (exact) mass is 673 g/mol. The van der Waals surface area contributed by atoms with Gasteiger partial charge in [0.1, 0.15) is 0 Å². The van der Waals surface area contributed by atoms with Crippen LogP contribution in [-0.4, -0.2) is 37.7 Å². The SMILES string of the molecule is Cc1cc(Cl)c(-n2[nH]c(C)c(N=Nc3cc(Nc4nc(Cl)nc(Nc5cccc(S(=O)(=O)O)c5)n4)ccc3C)c2=O)cc1Cl. The summed E-state index contributed by atoms with van der Waals surface area (Å²) in [7, 11) is -4.40. The molecule has 0 aliphatic rings. The number of hydrogen-bond acceptors (Lipinski definition) is 10. The van der Waals surface area contributed by atoms with E-state index < -0.39 is 15.7 Å². The highest BCUT2D eigenvalue weighted by Gasteiger charge is 2.16. The largest absolute Gasteiger partial charge is 0.324 e. The fourth-order valence-electron chi connectivity index (χ4n) is 3.99. The summed E-state index contributed by atoms with van der Waals surface area (Å²) in [4.78, 5) is 25.3. The van der Waals surface area contributed by atoms with Crippen molar-refractivity contribution in [1.29, 1.82) is 0 Å². The fraction of sp³-hybridized carbons (Fsp3) is 0.111. The van der Waals surface area contributed by atoms with E-state index in [1.807, 2.05) is 13.8 Å². The molecule has 0 saturated heterocycles. The Labute approximate surface area is 265 Å². The summed E-state index contributed by atoms with van der Waals surface area (Å²) in [6.07, 6.45) is 0. The van der Waals surface area contributed by atoms with Gasteiger partial charge < -0.3 is 10.6 Å². The van der Waals surface area contributed by atoms with Crippen LogP contribution in [0.4, 0.5) is 34.6 Å². The van der Waals surface area contributed by atoms with Crippen LogP contribution < -0.4 is 16.2 Å². The van der Waals surface area contributed by atoms with Gasteiger partial charge in [-0.25, -0.2) is 4.68 Å². The van der Waals surface area contributed by atoms with E-state index >= 15 is 0 Å². The van der Waals surface area contributed by atoms with Crippen molar-refractivity contribution in [2.45, 2.75) is 25.7 Å². The highest BCUT2D eigenvalue weighted by atomic mass is 35.5. The molecule has 0 bridgehead atoms. The van der Waals surface area contributed by atoms with Crippen molar-refractivity contribution >= 4 is 79.6 Å². The molecule has 0 atom stereocenters. The Balaban J connectivity index is 1.39. The van der Waals surface area contributed by atoms with Crippen molar-refractivity contribution < 1.29 is 13.0 Å². The summed E-state index contributed by atoms with van der Waals surface area (Å²) in [6, 6.07) is 13.9. The molecule has 44 heavy (non-hydrogen) atoms. The maximum absolute atomic E-state index is 13.2. The van der Waals surface area contributed by atoms with Gasteiger partial charge in [-0.3, -0.25) is 14.4 Å².